The lowest BCUT2D eigenvalue weighted by Gasteiger charge is -2.15. The minimum absolute atomic E-state index is 0.345. The third kappa shape index (κ3) is 3.02. The first-order chi connectivity index (χ1) is 7.04. The first kappa shape index (κ1) is 11.1. The van der Waals surface area contributed by atoms with E-state index in [0.29, 0.717) is 11.5 Å². The van der Waals surface area contributed by atoms with Crippen molar-refractivity contribution in [2.24, 2.45) is 5.41 Å². The molecule has 3 heteroatoms. The molecule has 0 aromatic carbocycles. The van der Waals surface area contributed by atoms with Crippen LogP contribution in [0.15, 0.2) is 5.38 Å². The Hall–Kier alpha value is -0.410. The van der Waals surface area contributed by atoms with Gasteiger partial charge >= 0.3 is 0 Å². The summed E-state index contributed by atoms with van der Waals surface area (Å²) in [5.74, 6) is 0. The molecule has 84 valence electrons. The molecule has 1 aliphatic heterocycles. The highest BCUT2D eigenvalue weighted by Crippen LogP contribution is 2.27. The van der Waals surface area contributed by atoms with E-state index in [-0.39, 0.29) is 0 Å². The van der Waals surface area contributed by atoms with Crippen LogP contribution in [-0.2, 0) is 6.42 Å². The molecular formula is C12H20N2S. The Balaban J connectivity index is 2.03. The van der Waals surface area contributed by atoms with Crippen molar-refractivity contribution in [2.75, 3.05) is 6.54 Å². The van der Waals surface area contributed by atoms with Crippen molar-refractivity contribution >= 4 is 11.3 Å². The summed E-state index contributed by atoms with van der Waals surface area (Å²) in [6, 6.07) is 0.523. The lowest BCUT2D eigenvalue weighted by atomic mass is 9.93. The van der Waals surface area contributed by atoms with Crippen LogP contribution < -0.4 is 5.32 Å². The molecule has 0 saturated carbocycles. The van der Waals surface area contributed by atoms with Crippen LogP contribution in [0.3, 0.4) is 0 Å². The fraction of sp³-hybridized carbons (Fsp3) is 0.750. The smallest absolute Gasteiger partial charge is 0.0934 e. The zero-order valence-electron chi connectivity index (χ0n) is 9.84. The molecular weight excluding hydrogens is 204 g/mol. The number of nitrogens with one attached hydrogen (secondary N) is 1. The summed E-state index contributed by atoms with van der Waals surface area (Å²) in [6.07, 6.45) is 3.62. The fourth-order valence-corrected chi connectivity index (χ4v) is 3.11. The summed E-state index contributed by atoms with van der Waals surface area (Å²) in [5.41, 5.74) is 1.61. The quantitative estimate of drug-likeness (QED) is 0.834. The van der Waals surface area contributed by atoms with Gasteiger partial charge in [-0.05, 0) is 24.8 Å². The molecule has 1 unspecified atom stereocenters. The van der Waals surface area contributed by atoms with Gasteiger partial charge in [0.1, 0.15) is 0 Å². The van der Waals surface area contributed by atoms with Crippen LogP contribution >= 0.6 is 11.3 Å². The van der Waals surface area contributed by atoms with Crippen molar-refractivity contribution in [2.45, 2.75) is 46.1 Å². The number of nitrogens with zero attached hydrogens (tertiary/aromatic N) is 1. The summed E-state index contributed by atoms with van der Waals surface area (Å²) in [4.78, 5) is 4.73. The maximum Gasteiger partial charge on any atom is 0.0934 e. The van der Waals surface area contributed by atoms with Gasteiger partial charge < -0.3 is 5.32 Å². The number of thiazole rings is 1. The van der Waals surface area contributed by atoms with Crippen LogP contribution in [-0.4, -0.2) is 11.5 Å². The van der Waals surface area contributed by atoms with Crippen LogP contribution in [0.5, 0.6) is 0 Å². The topological polar surface area (TPSA) is 24.9 Å². The molecule has 15 heavy (non-hydrogen) atoms. The lowest BCUT2D eigenvalue weighted by Crippen LogP contribution is -2.14. The van der Waals surface area contributed by atoms with Crippen molar-refractivity contribution in [3.05, 3.63) is 16.1 Å². The Morgan fingerprint density at radius 3 is 2.93 bits per heavy atom. The molecule has 2 nitrogen and oxygen atoms in total. The maximum absolute atomic E-state index is 4.73. The molecule has 0 radical (unpaired) electrons. The Bertz CT molecular complexity index is 319. The van der Waals surface area contributed by atoms with E-state index in [1.807, 2.05) is 11.3 Å². The molecule has 1 aromatic rings. The maximum atomic E-state index is 4.73. The highest BCUT2D eigenvalue weighted by atomic mass is 32.1. The second-order valence-electron chi connectivity index (χ2n) is 5.55. The predicted octanol–water partition coefficient (Wildman–Crippen LogP) is 3.16. The third-order valence-electron chi connectivity index (χ3n) is 2.67. The summed E-state index contributed by atoms with van der Waals surface area (Å²) in [6.45, 7) is 7.95. The van der Waals surface area contributed by atoms with Crippen LogP contribution in [0.2, 0.25) is 0 Å². The van der Waals surface area contributed by atoms with Crippen molar-refractivity contribution < 1.29 is 0 Å². The van der Waals surface area contributed by atoms with E-state index in [9.17, 15) is 0 Å². The van der Waals surface area contributed by atoms with Gasteiger partial charge in [0, 0.05) is 11.8 Å². The van der Waals surface area contributed by atoms with Gasteiger partial charge in [0.25, 0.3) is 0 Å². The predicted molar refractivity (Wildman–Crippen MR) is 65.3 cm³/mol. The second-order valence-corrected chi connectivity index (χ2v) is 6.50. The standard InChI is InChI=1S/C12H20N2S/c1-12(2,3)7-11-14-10(8-15-11)9-5-4-6-13-9/h8-9,13H,4-7H2,1-3H3. The monoisotopic (exact) mass is 224 g/mol. The first-order valence-corrected chi connectivity index (χ1v) is 6.60. The molecule has 0 bridgehead atoms. The number of aromatic nitrogens is 1. The number of rotatable bonds is 2. The summed E-state index contributed by atoms with van der Waals surface area (Å²) in [5, 5.41) is 7.00. The van der Waals surface area contributed by atoms with Gasteiger partial charge in [-0.3, -0.25) is 0 Å². The van der Waals surface area contributed by atoms with E-state index in [2.05, 4.69) is 31.5 Å². The van der Waals surface area contributed by atoms with E-state index < -0.39 is 0 Å². The van der Waals surface area contributed by atoms with E-state index in [1.54, 1.807) is 0 Å². The number of hydrogen-bond donors (Lipinski definition) is 1. The van der Waals surface area contributed by atoms with Gasteiger partial charge in [-0.2, -0.15) is 0 Å². The van der Waals surface area contributed by atoms with Gasteiger partial charge in [0.05, 0.1) is 16.7 Å². The molecule has 1 aromatic heterocycles. The summed E-state index contributed by atoms with van der Waals surface area (Å²) >= 11 is 1.81. The summed E-state index contributed by atoms with van der Waals surface area (Å²) in [7, 11) is 0. The normalized spacial score (nSPS) is 22.2. The van der Waals surface area contributed by atoms with Crippen molar-refractivity contribution in [1.29, 1.82) is 0 Å². The average Bonchev–Trinajstić information content (AvgIpc) is 2.68. The minimum atomic E-state index is 0.345. The fourth-order valence-electron chi connectivity index (χ4n) is 1.96. The SMILES string of the molecule is CC(C)(C)Cc1nc(C2CCCN2)cs1. The Kier molecular flexibility index (Phi) is 3.12. The first-order valence-electron chi connectivity index (χ1n) is 5.72. The van der Waals surface area contributed by atoms with Crippen molar-refractivity contribution in [3.63, 3.8) is 0 Å². The minimum Gasteiger partial charge on any atom is -0.309 e. The molecule has 1 aliphatic rings. The van der Waals surface area contributed by atoms with Crippen molar-refractivity contribution in [1.82, 2.24) is 10.3 Å². The van der Waals surface area contributed by atoms with Crippen LogP contribution in [0.4, 0.5) is 0 Å². The van der Waals surface area contributed by atoms with Crippen LogP contribution in [0.1, 0.15) is 50.4 Å². The third-order valence-corrected chi connectivity index (χ3v) is 3.54. The highest BCUT2D eigenvalue weighted by Gasteiger charge is 2.20. The summed E-state index contributed by atoms with van der Waals surface area (Å²) < 4.78 is 0. The van der Waals surface area contributed by atoms with Gasteiger partial charge in [-0.25, -0.2) is 4.98 Å². The number of hydrogen-bond acceptors (Lipinski definition) is 3. The van der Waals surface area contributed by atoms with Crippen LogP contribution in [0.25, 0.3) is 0 Å². The zero-order chi connectivity index (χ0) is 10.9. The molecule has 0 spiro atoms. The zero-order valence-corrected chi connectivity index (χ0v) is 10.7. The van der Waals surface area contributed by atoms with Gasteiger partial charge in [-0.1, -0.05) is 20.8 Å². The van der Waals surface area contributed by atoms with E-state index >= 15 is 0 Å². The second kappa shape index (κ2) is 4.22. The van der Waals surface area contributed by atoms with Gasteiger partial charge in [0.2, 0.25) is 0 Å². The highest BCUT2D eigenvalue weighted by molar-refractivity contribution is 7.09. The molecule has 1 fully saturated rings. The Morgan fingerprint density at radius 1 is 1.53 bits per heavy atom. The van der Waals surface area contributed by atoms with E-state index in [0.717, 1.165) is 13.0 Å². The van der Waals surface area contributed by atoms with E-state index in [1.165, 1.54) is 23.5 Å². The largest absolute Gasteiger partial charge is 0.309 e. The lowest BCUT2D eigenvalue weighted by molar-refractivity contribution is 0.409. The molecule has 1 N–H and O–H groups in total. The molecule has 2 rings (SSSR count). The molecule has 2 heterocycles. The molecule has 1 saturated heterocycles. The molecule has 1 atom stereocenters. The van der Waals surface area contributed by atoms with E-state index in [4.69, 9.17) is 4.98 Å². The molecule has 0 amide bonds. The Morgan fingerprint density at radius 2 is 2.33 bits per heavy atom. The molecule has 0 aliphatic carbocycles. The average molecular weight is 224 g/mol. The van der Waals surface area contributed by atoms with Crippen molar-refractivity contribution in [3.8, 4) is 0 Å². The van der Waals surface area contributed by atoms with Gasteiger partial charge in [-0.15, -0.1) is 11.3 Å². The van der Waals surface area contributed by atoms with Gasteiger partial charge in [0.15, 0.2) is 0 Å². The van der Waals surface area contributed by atoms with Crippen LogP contribution in [0, 0.1) is 5.41 Å². The Labute approximate surface area is 96.1 Å².